The fraction of sp³-hybridized carbons (Fsp3) is 0.304. The highest BCUT2D eigenvalue weighted by Gasteiger charge is 2.46. The zero-order valence-corrected chi connectivity index (χ0v) is 18.1. The van der Waals surface area contributed by atoms with Crippen LogP contribution in [0.1, 0.15) is 49.3 Å². The molecule has 8 nitrogen and oxygen atoms in total. The van der Waals surface area contributed by atoms with Crippen molar-refractivity contribution in [1.29, 1.82) is 0 Å². The Hall–Kier alpha value is -3.75. The maximum atomic E-state index is 13.4. The van der Waals surface area contributed by atoms with Crippen LogP contribution in [0.4, 0.5) is 10.2 Å². The molecule has 4 aromatic heterocycles. The van der Waals surface area contributed by atoms with Crippen LogP contribution < -0.4 is 5.32 Å². The number of imidazole rings is 1. The molecule has 5 heterocycles. The molecule has 32 heavy (non-hydrogen) atoms. The number of fused-ring (bicyclic) bond motifs is 2. The van der Waals surface area contributed by atoms with Crippen LogP contribution in [0.15, 0.2) is 36.9 Å². The van der Waals surface area contributed by atoms with Gasteiger partial charge in [0.25, 0.3) is 0 Å². The Bertz CT molecular complexity index is 1350. The summed E-state index contributed by atoms with van der Waals surface area (Å²) in [7, 11) is 0. The Morgan fingerprint density at radius 2 is 1.97 bits per heavy atom. The Morgan fingerprint density at radius 1 is 1.12 bits per heavy atom. The number of nitrogens with one attached hydrogen (secondary N) is 1. The van der Waals surface area contributed by atoms with Crippen molar-refractivity contribution in [2.24, 2.45) is 0 Å². The van der Waals surface area contributed by atoms with Crippen LogP contribution in [0.5, 0.6) is 0 Å². The topological polar surface area (TPSA) is 98.0 Å². The van der Waals surface area contributed by atoms with Crippen LogP contribution in [-0.2, 0) is 16.6 Å². The molecule has 162 valence electrons. The highest BCUT2D eigenvalue weighted by Crippen LogP contribution is 2.41. The first-order valence-electron chi connectivity index (χ1n) is 10.6. The molecule has 0 bridgehead atoms. The van der Waals surface area contributed by atoms with Crippen LogP contribution in [0.25, 0.3) is 17.2 Å². The summed E-state index contributed by atoms with van der Waals surface area (Å²) in [6, 6.07) is 2.80. The number of anilines is 1. The number of unbranched alkanes of at least 4 members (excludes halogenated alkanes) is 1. The molecule has 1 unspecified atom stereocenters. The minimum absolute atomic E-state index is 0.282. The standard InChI is InChI=1S/C23H22FN7O/c1-4-5-6-16-21-27-13(2)11-31(21)12-17(28-16)20-26-10-15-19(29-20)30-22(32)23(15,3)18-8-7-14(24)9-25-18/h7-12H,4-6H2,1-3H3,(H,26,29,30,32). The van der Waals surface area contributed by atoms with Crippen LogP contribution in [0.3, 0.4) is 0 Å². The third-order valence-electron chi connectivity index (χ3n) is 5.88. The first-order valence-corrected chi connectivity index (χ1v) is 10.6. The lowest BCUT2D eigenvalue weighted by molar-refractivity contribution is -0.119. The van der Waals surface area contributed by atoms with Crippen molar-refractivity contribution in [3.05, 3.63) is 65.4 Å². The first kappa shape index (κ1) is 20.2. The lowest BCUT2D eigenvalue weighted by Gasteiger charge is -2.20. The second-order valence-electron chi connectivity index (χ2n) is 8.19. The van der Waals surface area contributed by atoms with Crippen LogP contribution >= 0.6 is 0 Å². The number of pyridine rings is 1. The highest BCUT2D eigenvalue weighted by molar-refractivity contribution is 6.07. The third-order valence-corrected chi connectivity index (χ3v) is 5.88. The van der Waals surface area contributed by atoms with Gasteiger partial charge in [0.05, 0.1) is 23.3 Å². The maximum Gasteiger partial charge on any atom is 0.242 e. The van der Waals surface area contributed by atoms with E-state index in [4.69, 9.17) is 4.98 Å². The van der Waals surface area contributed by atoms with Gasteiger partial charge in [-0.3, -0.25) is 9.78 Å². The number of amides is 1. The minimum atomic E-state index is -1.10. The van der Waals surface area contributed by atoms with Crippen molar-refractivity contribution in [3.63, 3.8) is 0 Å². The summed E-state index contributed by atoms with van der Waals surface area (Å²) >= 11 is 0. The number of carbonyl (C=O) groups is 1. The van der Waals surface area contributed by atoms with Crippen molar-refractivity contribution < 1.29 is 9.18 Å². The van der Waals surface area contributed by atoms with E-state index in [1.165, 1.54) is 12.1 Å². The van der Waals surface area contributed by atoms with Gasteiger partial charge in [-0.25, -0.2) is 24.3 Å². The predicted molar refractivity (Wildman–Crippen MR) is 117 cm³/mol. The Kier molecular flexibility index (Phi) is 4.69. The van der Waals surface area contributed by atoms with Gasteiger partial charge in [-0.15, -0.1) is 0 Å². The van der Waals surface area contributed by atoms with E-state index in [1.54, 1.807) is 13.1 Å². The highest BCUT2D eigenvalue weighted by atomic mass is 19.1. The molecule has 0 spiro atoms. The Balaban J connectivity index is 1.59. The van der Waals surface area contributed by atoms with E-state index >= 15 is 0 Å². The van der Waals surface area contributed by atoms with E-state index in [0.717, 1.165) is 42.5 Å². The van der Waals surface area contributed by atoms with Gasteiger partial charge in [0.15, 0.2) is 11.5 Å². The van der Waals surface area contributed by atoms with E-state index in [9.17, 15) is 9.18 Å². The van der Waals surface area contributed by atoms with Gasteiger partial charge in [0, 0.05) is 24.2 Å². The number of rotatable bonds is 5. The number of halogens is 1. The minimum Gasteiger partial charge on any atom is -0.309 e. The van der Waals surface area contributed by atoms with Gasteiger partial charge in [-0.1, -0.05) is 13.3 Å². The fourth-order valence-electron chi connectivity index (χ4n) is 4.05. The van der Waals surface area contributed by atoms with Crippen LogP contribution in [0.2, 0.25) is 0 Å². The molecule has 1 amide bonds. The van der Waals surface area contributed by atoms with E-state index in [1.807, 2.05) is 23.7 Å². The Morgan fingerprint density at radius 3 is 2.72 bits per heavy atom. The van der Waals surface area contributed by atoms with Crippen LogP contribution in [0, 0.1) is 12.7 Å². The number of hydrogen-bond donors (Lipinski definition) is 1. The Labute approximate surface area is 184 Å². The number of nitrogens with zero attached hydrogens (tertiary/aromatic N) is 6. The molecule has 1 atom stereocenters. The number of aromatic nitrogens is 6. The molecule has 0 saturated heterocycles. The lowest BCUT2D eigenvalue weighted by atomic mass is 9.81. The molecule has 0 saturated carbocycles. The van der Waals surface area contributed by atoms with Crippen LogP contribution in [-0.4, -0.2) is 35.2 Å². The van der Waals surface area contributed by atoms with Gasteiger partial charge in [-0.05, 0) is 38.8 Å². The molecule has 0 radical (unpaired) electrons. The SMILES string of the molecule is CCCCc1nc(-c2ncc3c(n2)NC(=O)C3(C)c2ccc(F)cn2)cn2cc(C)nc12. The van der Waals surface area contributed by atoms with Gasteiger partial charge in [0.2, 0.25) is 5.91 Å². The maximum absolute atomic E-state index is 13.4. The largest absolute Gasteiger partial charge is 0.309 e. The predicted octanol–water partition coefficient (Wildman–Crippen LogP) is 3.63. The van der Waals surface area contributed by atoms with Crippen molar-refractivity contribution in [1.82, 2.24) is 29.3 Å². The molecule has 1 N–H and O–H groups in total. The molecule has 9 heteroatoms. The molecular weight excluding hydrogens is 409 g/mol. The molecule has 4 aromatic rings. The van der Waals surface area contributed by atoms with Crippen molar-refractivity contribution in [2.45, 2.75) is 45.4 Å². The smallest absolute Gasteiger partial charge is 0.242 e. The summed E-state index contributed by atoms with van der Waals surface area (Å²) in [5.74, 6) is 0.0757. The first-order chi connectivity index (χ1) is 15.4. The quantitative estimate of drug-likeness (QED) is 0.518. The van der Waals surface area contributed by atoms with E-state index in [2.05, 4.69) is 32.2 Å². The zero-order chi connectivity index (χ0) is 22.5. The molecule has 0 aliphatic carbocycles. The summed E-state index contributed by atoms with van der Waals surface area (Å²) in [4.78, 5) is 35.5. The van der Waals surface area contributed by atoms with E-state index in [-0.39, 0.29) is 5.91 Å². The normalized spacial score (nSPS) is 17.6. The van der Waals surface area contributed by atoms with Gasteiger partial charge < -0.3 is 9.72 Å². The summed E-state index contributed by atoms with van der Waals surface area (Å²) in [6.45, 7) is 5.82. The molecule has 5 rings (SSSR count). The lowest BCUT2D eigenvalue weighted by Crippen LogP contribution is -2.33. The van der Waals surface area contributed by atoms with Gasteiger partial charge in [-0.2, -0.15) is 0 Å². The van der Waals surface area contributed by atoms with Gasteiger partial charge >= 0.3 is 0 Å². The van der Waals surface area contributed by atoms with E-state index in [0.29, 0.717) is 28.6 Å². The summed E-state index contributed by atoms with van der Waals surface area (Å²) in [5, 5.41) is 2.83. The van der Waals surface area contributed by atoms with E-state index < -0.39 is 11.2 Å². The molecule has 1 aliphatic heterocycles. The van der Waals surface area contributed by atoms with Crippen molar-refractivity contribution >= 4 is 17.4 Å². The fourth-order valence-corrected chi connectivity index (χ4v) is 4.05. The van der Waals surface area contributed by atoms with Crippen molar-refractivity contribution in [2.75, 3.05) is 5.32 Å². The summed E-state index contributed by atoms with van der Waals surface area (Å²) in [5.41, 5.74) is 3.16. The average Bonchev–Trinajstić information content (AvgIpc) is 3.28. The third kappa shape index (κ3) is 3.12. The van der Waals surface area contributed by atoms with Gasteiger partial charge in [0.1, 0.15) is 22.7 Å². The second kappa shape index (κ2) is 7.44. The average molecular weight is 431 g/mol. The number of aryl methyl sites for hydroxylation is 2. The zero-order valence-electron chi connectivity index (χ0n) is 18.1. The molecular formula is C23H22FN7O. The monoisotopic (exact) mass is 431 g/mol. The molecule has 1 aliphatic rings. The summed E-state index contributed by atoms with van der Waals surface area (Å²) in [6.07, 6.45) is 9.38. The molecule has 0 fully saturated rings. The number of hydrogen-bond acceptors (Lipinski definition) is 6. The number of carbonyl (C=O) groups excluding carboxylic acids is 1. The molecule has 0 aromatic carbocycles. The second-order valence-corrected chi connectivity index (χ2v) is 8.19. The van der Waals surface area contributed by atoms with Crippen molar-refractivity contribution in [3.8, 4) is 11.5 Å². The summed E-state index contributed by atoms with van der Waals surface area (Å²) < 4.78 is 15.3.